The van der Waals surface area contributed by atoms with Crippen LogP contribution in [-0.2, 0) is 11.9 Å². The van der Waals surface area contributed by atoms with Gasteiger partial charge in [0.15, 0.2) is 5.82 Å². The number of aromatic nitrogens is 2. The van der Waals surface area contributed by atoms with Gasteiger partial charge >= 0.3 is 0 Å². The minimum absolute atomic E-state index is 0.572. The first kappa shape index (κ1) is 14.2. The van der Waals surface area contributed by atoms with Gasteiger partial charge in [-0.25, -0.2) is 4.98 Å². The van der Waals surface area contributed by atoms with E-state index >= 15 is 0 Å². The first-order chi connectivity index (χ1) is 10.3. The molecule has 3 nitrogen and oxygen atoms in total. The van der Waals surface area contributed by atoms with Crippen molar-refractivity contribution in [3.8, 4) is 17.1 Å². The molecule has 5 heteroatoms. The number of hydrogen-bond donors (Lipinski definition) is 0. The number of ether oxygens (including phenoxy) is 1. The lowest BCUT2D eigenvalue weighted by Crippen LogP contribution is -1.94. The molecule has 3 rings (SSSR count). The van der Waals surface area contributed by atoms with E-state index in [1.165, 1.54) is 11.5 Å². The number of rotatable bonds is 5. The van der Waals surface area contributed by atoms with Crippen LogP contribution in [0.5, 0.6) is 5.75 Å². The van der Waals surface area contributed by atoms with E-state index in [4.69, 9.17) is 4.74 Å². The van der Waals surface area contributed by atoms with E-state index in [1.54, 1.807) is 0 Å². The van der Waals surface area contributed by atoms with Gasteiger partial charge in [-0.2, -0.15) is 4.37 Å². The van der Waals surface area contributed by atoms with Crippen LogP contribution in [0, 0.1) is 0 Å². The predicted octanol–water partition coefficient (Wildman–Crippen LogP) is 4.68. The molecule has 0 aliphatic carbocycles. The van der Waals surface area contributed by atoms with Gasteiger partial charge < -0.3 is 4.74 Å². The number of hydrogen-bond acceptors (Lipinski definition) is 4. The summed E-state index contributed by atoms with van der Waals surface area (Å²) in [6, 6.07) is 18.0. The molecule has 0 radical (unpaired) electrons. The van der Waals surface area contributed by atoms with Gasteiger partial charge in [-0.1, -0.05) is 46.3 Å². The van der Waals surface area contributed by atoms with Crippen molar-refractivity contribution >= 4 is 27.5 Å². The number of benzene rings is 2. The van der Waals surface area contributed by atoms with Crippen molar-refractivity contribution in [3.05, 3.63) is 65.2 Å². The average molecular weight is 361 g/mol. The topological polar surface area (TPSA) is 35.0 Å². The molecule has 0 aliphatic heterocycles. The third-order valence-corrected chi connectivity index (χ3v) is 4.56. The summed E-state index contributed by atoms with van der Waals surface area (Å²) in [6.45, 7) is 0.572. The SMILES string of the molecule is BrCc1nc(-c2ccc(OCc3ccccc3)cc2)ns1. The van der Waals surface area contributed by atoms with Gasteiger partial charge in [-0.05, 0) is 41.4 Å². The highest BCUT2D eigenvalue weighted by atomic mass is 79.9. The Hall–Kier alpha value is -1.72. The fourth-order valence-electron chi connectivity index (χ4n) is 1.87. The van der Waals surface area contributed by atoms with E-state index in [9.17, 15) is 0 Å². The van der Waals surface area contributed by atoms with Crippen LogP contribution in [-0.4, -0.2) is 9.36 Å². The second-order valence-corrected chi connectivity index (χ2v) is 5.84. The fraction of sp³-hybridized carbons (Fsp3) is 0.125. The van der Waals surface area contributed by atoms with Crippen molar-refractivity contribution in [1.29, 1.82) is 0 Å². The smallest absolute Gasteiger partial charge is 0.173 e. The summed E-state index contributed by atoms with van der Waals surface area (Å²) in [7, 11) is 0. The van der Waals surface area contributed by atoms with Gasteiger partial charge in [-0.15, -0.1) is 0 Å². The van der Waals surface area contributed by atoms with Crippen LogP contribution in [0.15, 0.2) is 54.6 Å². The first-order valence-corrected chi connectivity index (χ1v) is 8.40. The lowest BCUT2D eigenvalue weighted by molar-refractivity contribution is 0.306. The van der Waals surface area contributed by atoms with E-state index in [1.807, 2.05) is 42.5 Å². The maximum atomic E-state index is 5.76. The molecule has 0 unspecified atom stereocenters. The lowest BCUT2D eigenvalue weighted by atomic mass is 10.2. The van der Waals surface area contributed by atoms with E-state index in [-0.39, 0.29) is 0 Å². The van der Waals surface area contributed by atoms with Crippen LogP contribution < -0.4 is 4.74 Å². The molecule has 0 N–H and O–H groups in total. The van der Waals surface area contributed by atoms with Gasteiger partial charge in [0.2, 0.25) is 0 Å². The van der Waals surface area contributed by atoms with Crippen molar-refractivity contribution in [2.45, 2.75) is 11.9 Å². The zero-order valence-electron chi connectivity index (χ0n) is 11.2. The number of alkyl halides is 1. The highest BCUT2D eigenvalue weighted by molar-refractivity contribution is 9.08. The highest BCUT2D eigenvalue weighted by Crippen LogP contribution is 2.22. The summed E-state index contributed by atoms with van der Waals surface area (Å²) in [5.41, 5.74) is 2.16. The van der Waals surface area contributed by atoms with Crippen LogP contribution >= 0.6 is 27.5 Å². The average Bonchev–Trinajstić information content (AvgIpc) is 3.03. The molecule has 0 saturated carbocycles. The Balaban J connectivity index is 1.66. The molecule has 3 aromatic rings. The monoisotopic (exact) mass is 360 g/mol. The molecule has 0 amide bonds. The van der Waals surface area contributed by atoms with Crippen LogP contribution in [0.4, 0.5) is 0 Å². The Morgan fingerprint density at radius 2 is 1.76 bits per heavy atom. The summed E-state index contributed by atoms with van der Waals surface area (Å²) in [4.78, 5) is 4.44. The van der Waals surface area contributed by atoms with Crippen molar-refractivity contribution in [1.82, 2.24) is 9.36 Å². The number of halogens is 1. The van der Waals surface area contributed by atoms with Crippen LogP contribution in [0.1, 0.15) is 10.6 Å². The molecule has 0 atom stereocenters. The van der Waals surface area contributed by atoms with E-state index in [2.05, 4.69) is 37.4 Å². The molecule has 0 aliphatic rings. The Kier molecular flexibility index (Phi) is 4.62. The molecule has 0 bridgehead atoms. The van der Waals surface area contributed by atoms with Gasteiger partial charge in [-0.3, -0.25) is 0 Å². The van der Waals surface area contributed by atoms with Crippen molar-refractivity contribution in [3.63, 3.8) is 0 Å². The largest absolute Gasteiger partial charge is 0.489 e. The van der Waals surface area contributed by atoms with E-state index < -0.39 is 0 Å². The second kappa shape index (κ2) is 6.83. The Bertz CT molecular complexity index is 698. The van der Waals surface area contributed by atoms with Crippen molar-refractivity contribution in [2.24, 2.45) is 0 Å². The zero-order chi connectivity index (χ0) is 14.5. The van der Waals surface area contributed by atoms with Gasteiger partial charge in [0, 0.05) is 5.56 Å². The minimum Gasteiger partial charge on any atom is -0.489 e. The third kappa shape index (κ3) is 3.68. The van der Waals surface area contributed by atoms with Crippen molar-refractivity contribution < 1.29 is 4.74 Å². The molecule has 21 heavy (non-hydrogen) atoms. The number of nitrogens with zero attached hydrogens (tertiary/aromatic N) is 2. The summed E-state index contributed by atoms with van der Waals surface area (Å²) >= 11 is 4.80. The molecular weight excluding hydrogens is 348 g/mol. The molecular formula is C16H13BrN2OS. The maximum absolute atomic E-state index is 5.76. The molecule has 2 aromatic carbocycles. The Morgan fingerprint density at radius 3 is 2.43 bits per heavy atom. The van der Waals surface area contributed by atoms with E-state index in [0.29, 0.717) is 6.61 Å². The van der Waals surface area contributed by atoms with Gasteiger partial charge in [0.1, 0.15) is 17.4 Å². The minimum atomic E-state index is 0.572. The summed E-state index contributed by atoms with van der Waals surface area (Å²) in [5.74, 6) is 1.61. The fourth-order valence-corrected chi connectivity index (χ4v) is 2.81. The van der Waals surface area contributed by atoms with E-state index in [0.717, 1.165) is 33.0 Å². The Morgan fingerprint density at radius 1 is 1.00 bits per heavy atom. The van der Waals surface area contributed by atoms with Crippen LogP contribution in [0.2, 0.25) is 0 Å². The summed E-state index contributed by atoms with van der Waals surface area (Å²) in [5, 5.41) is 1.72. The molecule has 106 valence electrons. The lowest BCUT2D eigenvalue weighted by Gasteiger charge is -2.06. The normalized spacial score (nSPS) is 10.5. The quantitative estimate of drug-likeness (QED) is 0.619. The summed E-state index contributed by atoms with van der Waals surface area (Å²) < 4.78 is 10.1. The molecule has 0 spiro atoms. The van der Waals surface area contributed by atoms with Crippen LogP contribution in [0.3, 0.4) is 0 Å². The van der Waals surface area contributed by atoms with Gasteiger partial charge in [0.25, 0.3) is 0 Å². The standard InChI is InChI=1S/C16H13BrN2OS/c17-10-15-18-16(19-21-15)13-6-8-14(9-7-13)20-11-12-4-2-1-3-5-12/h1-9H,10-11H2. The highest BCUT2D eigenvalue weighted by Gasteiger charge is 2.06. The zero-order valence-corrected chi connectivity index (χ0v) is 13.6. The second-order valence-electron chi connectivity index (χ2n) is 4.44. The molecule has 1 aromatic heterocycles. The van der Waals surface area contributed by atoms with Crippen LogP contribution in [0.25, 0.3) is 11.4 Å². The first-order valence-electron chi connectivity index (χ1n) is 6.51. The van der Waals surface area contributed by atoms with Crippen molar-refractivity contribution in [2.75, 3.05) is 0 Å². The predicted molar refractivity (Wildman–Crippen MR) is 88.8 cm³/mol. The molecule has 1 heterocycles. The van der Waals surface area contributed by atoms with Gasteiger partial charge in [0.05, 0.1) is 5.33 Å². The molecule has 0 saturated heterocycles. The molecule has 0 fully saturated rings. The summed E-state index contributed by atoms with van der Waals surface area (Å²) in [6.07, 6.45) is 0. The third-order valence-electron chi connectivity index (χ3n) is 2.94. The Labute approximate surface area is 135 Å². The maximum Gasteiger partial charge on any atom is 0.173 e.